The summed E-state index contributed by atoms with van der Waals surface area (Å²) in [5.74, 6) is 0. The van der Waals surface area contributed by atoms with Crippen LogP contribution in [-0.2, 0) is 17.0 Å². The first-order valence-electron chi connectivity index (χ1n) is 6.42. The summed E-state index contributed by atoms with van der Waals surface area (Å²) in [6.45, 7) is 3.30. The van der Waals surface area contributed by atoms with Crippen molar-refractivity contribution in [2.75, 3.05) is 6.54 Å². The van der Waals surface area contributed by atoms with Gasteiger partial charge in [0, 0.05) is 12.1 Å². The molecule has 2 heteroatoms. The van der Waals surface area contributed by atoms with Crippen LogP contribution in [0.5, 0.6) is 0 Å². The Morgan fingerprint density at radius 2 is 2.25 bits per heavy atom. The lowest BCUT2D eigenvalue weighted by Gasteiger charge is -2.21. The summed E-state index contributed by atoms with van der Waals surface area (Å²) in [7, 11) is 0. The molecule has 0 aromatic heterocycles. The lowest BCUT2D eigenvalue weighted by atomic mass is 9.86. The molecule has 1 aliphatic carbocycles. The van der Waals surface area contributed by atoms with Gasteiger partial charge >= 0.3 is 0 Å². The van der Waals surface area contributed by atoms with E-state index in [1.54, 1.807) is 0 Å². The number of rotatable bonds is 3. The summed E-state index contributed by atoms with van der Waals surface area (Å²) in [6, 6.07) is 8.75. The highest BCUT2D eigenvalue weighted by Crippen LogP contribution is 2.52. The Morgan fingerprint density at radius 1 is 1.38 bits per heavy atom. The number of hydroxylamine groups is 2. The summed E-state index contributed by atoms with van der Waals surface area (Å²) in [4.78, 5) is 5.91. The number of hydrogen-bond donors (Lipinski definition) is 0. The van der Waals surface area contributed by atoms with Crippen LogP contribution in [0.15, 0.2) is 24.3 Å². The van der Waals surface area contributed by atoms with E-state index in [-0.39, 0.29) is 5.72 Å². The number of unbranched alkanes of at least 4 members (excludes halogenated alkanes) is 1. The first-order chi connectivity index (χ1) is 7.87. The molecule has 2 nitrogen and oxygen atoms in total. The van der Waals surface area contributed by atoms with E-state index >= 15 is 0 Å². The van der Waals surface area contributed by atoms with Gasteiger partial charge < -0.3 is 0 Å². The van der Waals surface area contributed by atoms with Gasteiger partial charge in [0.15, 0.2) is 5.72 Å². The van der Waals surface area contributed by atoms with Gasteiger partial charge in [-0.25, -0.2) is 0 Å². The van der Waals surface area contributed by atoms with Crippen molar-refractivity contribution in [2.24, 2.45) is 0 Å². The molecule has 1 aromatic rings. The van der Waals surface area contributed by atoms with Crippen LogP contribution in [0.4, 0.5) is 0 Å². The zero-order chi connectivity index (χ0) is 11.0. The fourth-order valence-corrected chi connectivity index (χ4v) is 2.82. The second-order valence-corrected chi connectivity index (χ2v) is 4.84. The van der Waals surface area contributed by atoms with E-state index in [9.17, 15) is 0 Å². The van der Waals surface area contributed by atoms with Crippen LogP contribution >= 0.6 is 0 Å². The van der Waals surface area contributed by atoms with E-state index in [1.807, 2.05) is 0 Å². The zero-order valence-corrected chi connectivity index (χ0v) is 9.91. The first kappa shape index (κ1) is 10.3. The number of hydrogen-bond acceptors (Lipinski definition) is 2. The minimum absolute atomic E-state index is 0.0377. The van der Waals surface area contributed by atoms with E-state index in [2.05, 4.69) is 36.3 Å². The summed E-state index contributed by atoms with van der Waals surface area (Å²) in [5.41, 5.74) is 2.86. The molecule has 0 bridgehead atoms. The van der Waals surface area contributed by atoms with Crippen molar-refractivity contribution in [1.82, 2.24) is 5.06 Å². The number of benzene rings is 1. The highest BCUT2D eigenvalue weighted by atomic mass is 16.9. The average molecular weight is 217 g/mol. The normalized spacial score (nSPS) is 31.4. The van der Waals surface area contributed by atoms with Gasteiger partial charge in [0.05, 0.1) is 0 Å². The summed E-state index contributed by atoms with van der Waals surface area (Å²) < 4.78 is 0. The monoisotopic (exact) mass is 217 g/mol. The molecular weight excluding hydrogens is 198 g/mol. The first-order valence-corrected chi connectivity index (χ1v) is 6.42. The molecule has 1 spiro atoms. The number of nitrogens with zero attached hydrogens (tertiary/aromatic N) is 1. The molecule has 3 rings (SSSR count). The standard InChI is InChI=1S/C14H19NO/c1-2-3-11-15-14(16-15)10-6-8-12-7-4-5-9-13(12)14/h4-5,7,9H,2-3,6,8,10-11H2,1H3. The molecule has 0 amide bonds. The van der Waals surface area contributed by atoms with Gasteiger partial charge in [-0.15, -0.1) is 5.06 Å². The van der Waals surface area contributed by atoms with Crippen molar-refractivity contribution in [2.45, 2.75) is 44.8 Å². The number of fused-ring (bicyclic) bond motifs is 2. The van der Waals surface area contributed by atoms with E-state index in [4.69, 9.17) is 4.84 Å². The molecule has 1 fully saturated rings. The topological polar surface area (TPSA) is 15.5 Å². The fourth-order valence-electron chi connectivity index (χ4n) is 2.82. The second-order valence-electron chi connectivity index (χ2n) is 4.84. The zero-order valence-electron chi connectivity index (χ0n) is 9.91. The molecule has 2 aliphatic rings. The minimum Gasteiger partial charge on any atom is -0.266 e. The van der Waals surface area contributed by atoms with E-state index < -0.39 is 0 Å². The van der Waals surface area contributed by atoms with Crippen LogP contribution in [-0.4, -0.2) is 11.6 Å². The van der Waals surface area contributed by atoms with Crippen molar-refractivity contribution < 1.29 is 4.84 Å². The molecule has 0 radical (unpaired) electrons. The lowest BCUT2D eigenvalue weighted by Crippen LogP contribution is -2.23. The maximum atomic E-state index is 5.91. The molecule has 0 saturated carbocycles. The minimum atomic E-state index is -0.0377. The van der Waals surface area contributed by atoms with Gasteiger partial charge in [-0.2, -0.15) is 0 Å². The van der Waals surface area contributed by atoms with Crippen LogP contribution in [0.3, 0.4) is 0 Å². The predicted octanol–water partition coefficient (Wildman–Crippen LogP) is 3.22. The molecule has 2 unspecified atom stereocenters. The molecule has 0 N–H and O–H groups in total. The van der Waals surface area contributed by atoms with Crippen LogP contribution in [0.1, 0.15) is 43.7 Å². The van der Waals surface area contributed by atoms with Gasteiger partial charge in [0.2, 0.25) is 0 Å². The molecular formula is C14H19NO. The van der Waals surface area contributed by atoms with Crippen molar-refractivity contribution in [3.8, 4) is 0 Å². The maximum absolute atomic E-state index is 5.91. The van der Waals surface area contributed by atoms with Gasteiger partial charge in [0.25, 0.3) is 0 Å². The summed E-state index contributed by atoms with van der Waals surface area (Å²) >= 11 is 0. The average Bonchev–Trinajstić information content (AvgIpc) is 3.01. The molecule has 1 heterocycles. The SMILES string of the molecule is CCCCN1OC12CCCc1ccccc12. The van der Waals surface area contributed by atoms with Gasteiger partial charge in [-0.1, -0.05) is 37.6 Å². The Labute approximate surface area is 97.2 Å². The highest BCUT2D eigenvalue weighted by Gasteiger charge is 2.57. The van der Waals surface area contributed by atoms with Crippen LogP contribution < -0.4 is 0 Å². The quantitative estimate of drug-likeness (QED) is 0.722. The molecule has 2 atom stereocenters. The lowest BCUT2D eigenvalue weighted by molar-refractivity contribution is 0.187. The predicted molar refractivity (Wildman–Crippen MR) is 63.8 cm³/mol. The van der Waals surface area contributed by atoms with Gasteiger partial charge in [-0.3, -0.25) is 4.84 Å². The maximum Gasteiger partial charge on any atom is 0.190 e. The molecule has 86 valence electrons. The second kappa shape index (κ2) is 3.86. The van der Waals surface area contributed by atoms with Crippen molar-refractivity contribution in [3.05, 3.63) is 35.4 Å². The third kappa shape index (κ3) is 1.48. The Hall–Kier alpha value is -0.860. The molecule has 1 aliphatic heterocycles. The van der Waals surface area contributed by atoms with Crippen molar-refractivity contribution in [3.63, 3.8) is 0 Å². The third-order valence-electron chi connectivity index (χ3n) is 3.75. The summed E-state index contributed by atoms with van der Waals surface area (Å²) in [5, 5.41) is 2.19. The Balaban J connectivity index is 1.84. The van der Waals surface area contributed by atoms with Gasteiger partial charge in [-0.05, 0) is 31.2 Å². The van der Waals surface area contributed by atoms with Crippen LogP contribution in [0, 0.1) is 0 Å². The summed E-state index contributed by atoms with van der Waals surface area (Å²) in [6.07, 6.45) is 6.08. The third-order valence-corrected chi connectivity index (χ3v) is 3.75. The molecule has 1 aromatic carbocycles. The van der Waals surface area contributed by atoms with Crippen molar-refractivity contribution >= 4 is 0 Å². The molecule has 16 heavy (non-hydrogen) atoms. The molecule has 1 saturated heterocycles. The van der Waals surface area contributed by atoms with Crippen LogP contribution in [0.25, 0.3) is 0 Å². The largest absolute Gasteiger partial charge is 0.266 e. The van der Waals surface area contributed by atoms with E-state index in [0.717, 1.165) is 13.0 Å². The van der Waals surface area contributed by atoms with Crippen molar-refractivity contribution in [1.29, 1.82) is 0 Å². The number of aryl methyl sites for hydroxylation is 1. The smallest absolute Gasteiger partial charge is 0.190 e. The Bertz CT molecular complexity index is 390. The van der Waals surface area contributed by atoms with Gasteiger partial charge in [0.1, 0.15) is 0 Å². The fraction of sp³-hybridized carbons (Fsp3) is 0.571. The van der Waals surface area contributed by atoms with Crippen LogP contribution in [0.2, 0.25) is 0 Å². The van der Waals surface area contributed by atoms with E-state index in [0.29, 0.717) is 0 Å². The highest BCUT2D eigenvalue weighted by molar-refractivity contribution is 5.36. The Kier molecular flexibility index (Phi) is 2.49. The Morgan fingerprint density at radius 3 is 3.12 bits per heavy atom. The van der Waals surface area contributed by atoms with E-state index in [1.165, 1.54) is 36.8 Å².